The first-order valence-electron chi connectivity index (χ1n) is 16.8. The van der Waals surface area contributed by atoms with Gasteiger partial charge in [0.15, 0.2) is 0 Å². The molecule has 1 aliphatic heterocycles. The average Bonchev–Trinajstić information content (AvgIpc) is 3.84. The summed E-state index contributed by atoms with van der Waals surface area (Å²) in [6.07, 6.45) is 6.24. The van der Waals surface area contributed by atoms with Crippen LogP contribution in [-0.4, -0.2) is 9.97 Å². The smallest absolute Gasteiger partial charge is 0.471 e. The van der Waals surface area contributed by atoms with Gasteiger partial charge < -0.3 is 9.80 Å². The van der Waals surface area contributed by atoms with E-state index in [0.29, 0.717) is 0 Å². The van der Waals surface area contributed by atoms with E-state index in [-0.39, 0.29) is 26.5 Å². The fourth-order valence-electron chi connectivity index (χ4n) is 8.41. The van der Waals surface area contributed by atoms with Gasteiger partial charge in [0.25, 0.3) is 0 Å². The molecule has 49 heavy (non-hydrogen) atoms. The zero-order valence-corrected chi connectivity index (χ0v) is 29.1. The molecule has 0 saturated heterocycles. The summed E-state index contributed by atoms with van der Waals surface area (Å²) in [4.78, 5) is 14.9. The molecule has 1 spiro atoms. The Morgan fingerprint density at radius 3 is 2.08 bits per heavy atom. The van der Waals surface area contributed by atoms with Crippen LogP contribution in [0.15, 0.2) is 140 Å². The molecule has 7 aromatic rings. The van der Waals surface area contributed by atoms with Crippen molar-refractivity contribution in [3.63, 3.8) is 0 Å². The first-order valence-corrected chi connectivity index (χ1v) is 16.8. The summed E-state index contributed by atoms with van der Waals surface area (Å²) in [7, 11) is 0. The molecule has 0 fully saturated rings. The van der Waals surface area contributed by atoms with Crippen molar-refractivity contribution in [2.24, 2.45) is 5.41 Å². The number of aromatic nitrogens is 2. The van der Waals surface area contributed by atoms with E-state index < -0.39 is 0 Å². The summed E-state index contributed by atoms with van der Waals surface area (Å²) in [5.74, 6) is 0.878. The van der Waals surface area contributed by atoms with Crippen LogP contribution < -0.4 is 9.80 Å². The molecule has 4 nitrogen and oxygen atoms in total. The fourth-order valence-corrected chi connectivity index (χ4v) is 8.41. The molecule has 0 saturated carbocycles. The van der Waals surface area contributed by atoms with Crippen molar-refractivity contribution in [2.75, 3.05) is 9.80 Å². The van der Waals surface area contributed by atoms with Crippen molar-refractivity contribution in [1.29, 1.82) is 0 Å². The molecule has 3 heterocycles. The normalized spacial score (nSPS) is 15.3. The Labute approximate surface area is 301 Å². The standard InChI is InChI=1S/C44H32N4.Pt/c1-3-12-30(13-4-1)32-22-23-45-41(24-32)48-29-47(38-19-9-10-20-39(38)48)40-21-11-18-35-36-27-44(25-33-16-7-8-17-34(33)26-44)28-37(36)42(46-43(35)40)31-14-5-2-6-15-31;/h1-14,16-24,29H,25-28H2;/q-2;+2. The van der Waals surface area contributed by atoms with E-state index in [1.165, 1.54) is 33.2 Å². The number of pyridine rings is 2. The van der Waals surface area contributed by atoms with Crippen LogP contribution in [0.1, 0.15) is 22.3 Å². The van der Waals surface area contributed by atoms with Crippen molar-refractivity contribution >= 4 is 33.8 Å². The van der Waals surface area contributed by atoms with Crippen molar-refractivity contribution in [3.05, 3.63) is 175 Å². The third kappa shape index (κ3) is 4.92. The maximum Gasteiger partial charge on any atom is 2.00 e. The van der Waals surface area contributed by atoms with E-state index in [4.69, 9.17) is 9.97 Å². The molecule has 0 atom stereocenters. The Kier molecular flexibility index (Phi) is 7.25. The Hall–Kier alpha value is -5.05. The van der Waals surface area contributed by atoms with Gasteiger partial charge in [-0.3, -0.25) is 4.98 Å². The zero-order chi connectivity index (χ0) is 31.7. The molecule has 5 aromatic carbocycles. The van der Waals surface area contributed by atoms with Gasteiger partial charge in [0.2, 0.25) is 0 Å². The van der Waals surface area contributed by atoms with Gasteiger partial charge in [0.05, 0.1) is 5.52 Å². The second-order valence-corrected chi connectivity index (χ2v) is 13.5. The topological polar surface area (TPSA) is 32.3 Å². The minimum Gasteiger partial charge on any atom is -0.471 e. The molecule has 10 rings (SSSR count). The molecular weight excluding hydrogens is 780 g/mol. The third-order valence-electron chi connectivity index (χ3n) is 10.5. The Morgan fingerprint density at radius 1 is 0.612 bits per heavy atom. The minimum atomic E-state index is 0. The number of hydrogen-bond acceptors (Lipinski definition) is 4. The van der Waals surface area contributed by atoms with Crippen molar-refractivity contribution < 1.29 is 21.1 Å². The number of fused-ring (bicyclic) bond motifs is 5. The Bertz CT molecular complexity index is 2330. The molecule has 5 heteroatoms. The zero-order valence-electron chi connectivity index (χ0n) is 26.8. The monoisotopic (exact) mass is 811 g/mol. The van der Waals surface area contributed by atoms with Gasteiger partial charge in [-0.2, -0.15) is 0 Å². The molecule has 238 valence electrons. The molecule has 0 radical (unpaired) electrons. The van der Waals surface area contributed by atoms with Crippen LogP contribution >= 0.6 is 0 Å². The van der Waals surface area contributed by atoms with Crippen LogP contribution in [0.5, 0.6) is 0 Å². The van der Waals surface area contributed by atoms with Crippen LogP contribution in [0.25, 0.3) is 33.3 Å². The van der Waals surface area contributed by atoms with Gasteiger partial charge in [0.1, 0.15) is 5.82 Å². The van der Waals surface area contributed by atoms with Gasteiger partial charge in [-0.25, -0.2) is 4.98 Å². The number of para-hydroxylation sites is 3. The predicted molar refractivity (Wildman–Crippen MR) is 194 cm³/mol. The summed E-state index contributed by atoms with van der Waals surface area (Å²) in [6, 6.07) is 50.9. The van der Waals surface area contributed by atoms with E-state index in [1.54, 1.807) is 0 Å². The summed E-state index contributed by atoms with van der Waals surface area (Å²) in [5.41, 5.74) is 14.8. The molecule has 0 N–H and O–H groups in total. The van der Waals surface area contributed by atoms with Crippen LogP contribution in [0.3, 0.4) is 0 Å². The van der Waals surface area contributed by atoms with Crippen LogP contribution in [0, 0.1) is 18.2 Å². The first-order chi connectivity index (χ1) is 23.7. The average molecular weight is 812 g/mol. The number of benzene rings is 5. The molecular formula is C44H32N4Pt. The van der Waals surface area contributed by atoms with Gasteiger partial charge in [-0.15, -0.1) is 42.6 Å². The maximum atomic E-state index is 5.56. The Morgan fingerprint density at radius 2 is 1.31 bits per heavy atom. The number of rotatable bonds is 4. The van der Waals surface area contributed by atoms with Crippen LogP contribution in [0.2, 0.25) is 0 Å². The number of anilines is 4. The van der Waals surface area contributed by atoms with Crippen molar-refractivity contribution in [3.8, 4) is 22.4 Å². The van der Waals surface area contributed by atoms with Crippen LogP contribution in [0.4, 0.5) is 22.9 Å². The van der Waals surface area contributed by atoms with Gasteiger partial charge in [-0.1, -0.05) is 84.4 Å². The molecule has 0 amide bonds. The molecule has 2 aromatic heterocycles. The van der Waals surface area contributed by atoms with E-state index in [1.807, 2.05) is 18.3 Å². The second-order valence-electron chi connectivity index (χ2n) is 13.5. The Balaban J connectivity index is 0.00000325. The molecule has 3 aliphatic rings. The quantitative estimate of drug-likeness (QED) is 0.166. The molecule has 0 unspecified atom stereocenters. The fraction of sp³-hybridized carbons (Fsp3) is 0.114. The molecule has 2 aliphatic carbocycles. The van der Waals surface area contributed by atoms with E-state index in [9.17, 15) is 0 Å². The summed E-state index contributed by atoms with van der Waals surface area (Å²) >= 11 is 0. The van der Waals surface area contributed by atoms with E-state index in [2.05, 4.69) is 144 Å². The number of hydrogen-bond donors (Lipinski definition) is 0. The summed E-state index contributed by atoms with van der Waals surface area (Å²) in [6.45, 7) is 2.18. The minimum absolute atomic E-state index is 0. The van der Waals surface area contributed by atoms with E-state index >= 15 is 0 Å². The SMILES string of the molecule is [Pt+2].[c-]1ccccc1-c1nc2c(N3[CH-]N(c4cc(-c5ccccc5)ccn4)c4ccccc43)cccc2c2c1CC1(Cc3ccccc3C1)C2. The maximum absolute atomic E-state index is 5.56. The van der Waals surface area contributed by atoms with Crippen LogP contribution in [-0.2, 0) is 46.7 Å². The predicted octanol–water partition coefficient (Wildman–Crippen LogP) is 10.1. The van der Waals surface area contributed by atoms with Gasteiger partial charge in [0, 0.05) is 28.6 Å². The van der Waals surface area contributed by atoms with Gasteiger partial charge in [-0.05, 0) is 94.9 Å². The third-order valence-corrected chi connectivity index (χ3v) is 10.5. The summed E-state index contributed by atoms with van der Waals surface area (Å²) in [5, 5.41) is 1.25. The van der Waals surface area contributed by atoms with Gasteiger partial charge >= 0.3 is 21.1 Å². The van der Waals surface area contributed by atoms with E-state index in [0.717, 1.165) is 70.9 Å². The largest absolute Gasteiger partial charge is 2.00 e. The first kappa shape index (κ1) is 30.0. The van der Waals surface area contributed by atoms with Crippen molar-refractivity contribution in [1.82, 2.24) is 9.97 Å². The number of nitrogens with zero attached hydrogens (tertiary/aromatic N) is 4. The van der Waals surface area contributed by atoms with Crippen molar-refractivity contribution in [2.45, 2.75) is 25.7 Å². The summed E-state index contributed by atoms with van der Waals surface area (Å²) < 4.78 is 0. The molecule has 0 bridgehead atoms. The second kappa shape index (κ2) is 11.8.